The highest BCUT2D eigenvalue weighted by Gasteiger charge is 2.15. The molecule has 0 bridgehead atoms. The number of nitrogens with zero attached hydrogens (tertiary/aromatic N) is 2. The van der Waals surface area contributed by atoms with Gasteiger partial charge >= 0.3 is 5.97 Å². The van der Waals surface area contributed by atoms with Gasteiger partial charge in [-0.15, -0.1) is 0 Å². The zero-order valence-electron chi connectivity index (χ0n) is 16.2. The molecule has 0 N–H and O–H groups in total. The molecule has 3 aromatic carbocycles. The van der Waals surface area contributed by atoms with Crippen molar-refractivity contribution in [1.82, 2.24) is 9.55 Å². The summed E-state index contributed by atoms with van der Waals surface area (Å²) in [4.78, 5) is 17.0. The predicted molar refractivity (Wildman–Crippen MR) is 127 cm³/mol. The van der Waals surface area contributed by atoms with Gasteiger partial charge in [-0.05, 0) is 35.9 Å². The van der Waals surface area contributed by atoms with E-state index in [9.17, 15) is 4.79 Å². The molecule has 4 nitrogen and oxygen atoms in total. The van der Waals surface area contributed by atoms with Crippen LogP contribution in [0.25, 0.3) is 11.0 Å². The number of imidazole rings is 1. The molecule has 0 aliphatic heterocycles. The summed E-state index contributed by atoms with van der Waals surface area (Å²) in [6, 6.07) is 20.8. The molecular formula is C23H17Cl3N2O2S. The van der Waals surface area contributed by atoms with Crippen molar-refractivity contribution in [2.45, 2.75) is 18.3 Å². The Balaban J connectivity index is 1.49. The largest absolute Gasteiger partial charge is 0.460 e. The second kappa shape index (κ2) is 9.96. The minimum Gasteiger partial charge on any atom is -0.460 e. The number of rotatable bonds is 7. The second-order valence-corrected chi connectivity index (χ2v) is 8.94. The third-order valence-electron chi connectivity index (χ3n) is 4.62. The van der Waals surface area contributed by atoms with Gasteiger partial charge in [-0.1, -0.05) is 83.0 Å². The Kier molecular flexibility index (Phi) is 7.08. The van der Waals surface area contributed by atoms with Gasteiger partial charge in [0, 0.05) is 20.6 Å². The number of ether oxygens (including phenoxy) is 1. The number of aromatic nitrogens is 2. The molecule has 0 amide bonds. The minimum absolute atomic E-state index is 0.0218. The SMILES string of the molecule is O=C(CSc1nc2cc(Cl)ccc2n1Cc1ccccc1)OCc1c(Cl)cccc1Cl. The first-order chi connectivity index (χ1) is 15.0. The smallest absolute Gasteiger partial charge is 0.316 e. The number of carbonyl (C=O) groups excluding carboxylic acids is 1. The van der Waals surface area contributed by atoms with E-state index in [2.05, 4.69) is 21.7 Å². The van der Waals surface area contributed by atoms with Crippen molar-refractivity contribution in [3.8, 4) is 0 Å². The molecule has 0 fully saturated rings. The van der Waals surface area contributed by atoms with Gasteiger partial charge in [-0.3, -0.25) is 4.79 Å². The highest BCUT2D eigenvalue weighted by molar-refractivity contribution is 7.99. The molecule has 158 valence electrons. The van der Waals surface area contributed by atoms with Crippen LogP contribution in [-0.2, 0) is 22.7 Å². The van der Waals surface area contributed by atoms with Crippen molar-refractivity contribution in [1.29, 1.82) is 0 Å². The van der Waals surface area contributed by atoms with Crippen LogP contribution in [0.3, 0.4) is 0 Å². The van der Waals surface area contributed by atoms with Crippen LogP contribution in [0.2, 0.25) is 15.1 Å². The molecule has 1 aromatic heterocycles. The highest BCUT2D eigenvalue weighted by atomic mass is 35.5. The maximum atomic E-state index is 12.4. The zero-order chi connectivity index (χ0) is 21.8. The number of halogens is 3. The van der Waals surface area contributed by atoms with Gasteiger partial charge in [0.05, 0.1) is 23.3 Å². The molecule has 0 aliphatic rings. The average molecular weight is 492 g/mol. The molecule has 4 rings (SSSR count). The zero-order valence-corrected chi connectivity index (χ0v) is 19.3. The first kappa shape index (κ1) is 22.0. The minimum atomic E-state index is -0.377. The third-order valence-corrected chi connectivity index (χ3v) is 6.51. The van der Waals surface area contributed by atoms with Crippen molar-refractivity contribution in [2.24, 2.45) is 0 Å². The van der Waals surface area contributed by atoms with E-state index in [0.717, 1.165) is 16.6 Å². The van der Waals surface area contributed by atoms with Crippen LogP contribution in [-0.4, -0.2) is 21.3 Å². The van der Waals surface area contributed by atoms with Gasteiger partial charge < -0.3 is 9.30 Å². The molecule has 0 unspecified atom stereocenters. The summed E-state index contributed by atoms with van der Waals surface area (Å²) < 4.78 is 7.45. The van der Waals surface area contributed by atoms with E-state index < -0.39 is 0 Å². The molecule has 8 heteroatoms. The molecule has 0 atom stereocenters. The monoisotopic (exact) mass is 490 g/mol. The average Bonchev–Trinajstić information content (AvgIpc) is 3.09. The Bertz CT molecular complexity index is 1210. The maximum Gasteiger partial charge on any atom is 0.316 e. The van der Waals surface area contributed by atoms with Crippen LogP contribution in [0.4, 0.5) is 0 Å². The van der Waals surface area contributed by atoms with Gasteiger partial charge in [-0.2, -0.15) is 0 Å². The standard InChI is InChI=1S/C23H17Cl3N2O2S/c24-16-9-10-21-20(11-16)27-23(28(21)12-15-5-2-1-3-6-15)31-14-22(29)30-13-17-18(25)7-4-8-19(17)26/h1-11H,12-14H2. The Morgan fingerprint density at radius 1 is 0.968 bits per heavy atom. The fourth-order valence-corrected chi connectivity index (χ4v) is 4.58. The Morgan fingerprint density at radius 3 is 2.45 bits per heavy atom. The van der Waals surface area contributed by atoms with E-state index in [1.165, 1.54) is 11.8 Å². The molecule has 0 spiro atoms. The lowest BCUT2D eigenvalue weighted by Crippen LogP contribution is -2.09. The van der Waals surface area contributed by atoms with Crippen LogP contribution in [0.5, 0.6) is 0 Å². The van der Waals surface area contributed by atoms with E-state index in [-0.39, 0.29) is 18.3 Å². The molecule has 1 heterocycles. The molecule has 31 heavy (non-hydrogen) atoms. The van der Waals surface area contributed by atoms with Crippen LogP contribution < -0.4 is 0 Å². The molecule has 0 saturated carbocycles. The van der Waals surface area contributed by atoms with Crippen LogP contribution in [0.1, 0.15) is 11.1 Å². The maximum absolute atomic E-state index is 12.4. The van der Waals surface area contributed by atoms with Crippen molar-refractivity contribution in [3.63, 3.8) is 0 Å². The van der Waals surface area contributed by atoms with E-state index in [1.807, 2.05) is 36.4 Å². The van der Waals surface area contributed by atoms with Gasteiger partial charge in [0.1, 0.15) is 6.61 Å². The predicted octanol–water partition coefficient (Wildman–Crippen LogP) is 6.88. The van der Waals surface area contributed by atoms with E-state index in [0.29, 0.717) is 32.3 Å². The lowest BCUT2D eigenvalue weighted by Gasteiger charge is -2.10. The number of esters is 1. The van der Waals surface area contributed by atoms with Gasteiger partial charge in [0.2, 0.25) is 0 Å². The first-order valence-corrected chi connectivity index (χ1v) is 11.5. The number of hydrogen-bond donors (Lipinski definition) is 0. The fourth-order valence-electron chi connectivity index (χ4n) is 3.10. The van der Waals surface area contributed by atoms with Crippen LogP contribution >= 0.6 is 46.6 Å². The van der Waals surface area contributed by atoms with E-state index in [1.54, 1.807) is 18.2 Å². The summed E-state index contributed by atoms with van der Waals surface area (Å²) in [6.07, 6.45) is 0. The molecule has 0 aliphatic carbocycles. The summed E-state index contributed by atoms with van der Waals surface area (Å²) in [5, 5.41) is 2.27. The van der Waals surface area contributed by atoms with Gasteiger partial charge in [0.25, 0.3) is 0 Å². The summed E-state index contributed by atoms with van der Waals surface area (Å²) in [7, 11) is 0. The number of benzene rings is 3. The first-order valence-electron chi connectivity index (χ1n) is 9.42. The van der Waals surface area contributed by atoms with Crippen LogP contribution in [0, 0.1) is 0 Å². The molecular weight excluding hydrogens is 475 g/mol. The summed E-state index contributed by atoms with van der Waals surface area (Å²) in [5.41, 5.74) is 3.46. The Labute approximate surface area is 199 Å². The Hall–Kier alpha value is -2.18. The number of carbonyl (C=O) groups is 1. The topological polar surface area (TPSA) is 44.1 Å². The lowest BCUT2D eigenvalue weighted by molar-refractivity contribution is -0.141. The van der Waals surface area contributed by atoms with Gasteiger partial charge in [0.15, 0.2) is 5.16 Å². The van der Waals surface area contributed by atoms with Crippen LogP contribution in [0.15, 0.2) is 71.9 Å². The molecule has 0 saturated heterocycles. The summed E-state index contributed by atoms with van der Waals surface area (Å²) in [5.74, 6) is -0.272. The van der Waals surface area contributed by atoms with E-state index in [4.69, 9.17) is 39.5 Å². The van der Waals surface area contributed by atoms with Crippen molar-refractivity contribution >= 4 is 63.6 Å². The number of hydrogen-bond acceptors (Lipinski definition) is 4. The van der Waals surface area contributed by atoms with Crippen molar-refractivity contribution in [3.05, 3.63) is 92.9 Å². The summed E-state index contributed by atoms with van der Waals surface area (Å²) >= 11 is 19.7. The van der Waals surface area contributed by atoms with E-state index >= 15 is 0 Å². The number of fused-ring (bicyclic) bond motifs is 1. The fraction of sp³-hybridized carbons (Fsp3) is 0.130. The normalized spacial score (nSPS) is 11.1. The molecule has 0 radical (unpaired) electrons. The lowest BCUT2D eigenvalue weighted by atomic mass is 10.2. The van der Waals surface area contributed by atoms with Crippen molar-refractivity contribution in [2.75, 3.05) is 5.75 Å². The number of thioether (sulfide) groups is 1. The quantitative estimate of drug-likeness (QED) is 0.209. The third kappa shape index (κ3) is 5.36. The van der Waals surface area contributed by atoms with Gasteiger partial charge in [-0.25, -0.2) is 4.98 Å². The van der Waals surface area contributed by atoms with Crippen molar-refractivity contribution < 1.29 is 9.53 Å². The highest BCUT2D eigenvalue weighted by Crippen LogP contribution is 2.28. The summed E-state index contributed by atoms with van der Waals surface area (Å²) in [6.45, 7) is 0.652. The second-order valence-electron chi connectivity index (χ2n) is 6.75. The molecule has 4 aromatic rings. The Morgan fingerprint density at radius 2 is 1.71 bits per heavy atom.